The zero-order chi connectivity index (χ0) is 24.3. The lowest BCUT2D eigenvalue weighted by Gasteiger charge is -2.17. The number of aromatic nitrogens is 6. The van der Waals surface area contributed by atoms with Crippen molar-refractivity contribution in [2.75, 3.05) is 25.0 Å². The van der Waals surface area contributed by atoms with Gasteiger partial charge in [0.1, 0.15) is 6.04 Å². The summed E-state index contributed by atoms with van der Waals surface area (Å²) in [5, 5.41) is 18.2. The molecule has 0 bridgehead atoms. The van der Waals surface area contributed by atoms with Crippen molar-refractivity contribution in [3.8, 4) is 11.4 Å². The second-order valence-electron chi connectivity index (χ2n) is 8.84. The van der Waals surface area contributed by atoms with Crippen molar-refractivity contribution in [2.45, 2.75) is 38.0 Å². The summed E-state index contributed by atoms with van der Waals surface area (Å²) in [5.74, 6) is 0.0442. The number of nitrogens with zero attached hydrogens (tertiary/aromatic N) is 6. The summed E-state index contributed by atoms with van der Waals surface area (Å²) in [6, 6.07) is 3.45. The van der Waals surface area contributed by atoms with Crippen molar-refractivity contribution in [2.24, 2.45) is 0 Å². The Morgan fingerprint density at radius 3 is 2.74 bits per heavy atom. The fraction of sp³-hybridized carbons (Fsp3) is 0.409. The van der Waals surface area contributed by atoms with Gasteiger partial charge in [-0.05, 0) is 31.9 Å². The van der Waals surface area contributed by atoms with Gasteiger partial charge in [0, 0.05) is 31.2 Å². The number of rotatable bonds is 4. The molecule has 3 aromatic heterocycles. The molecular weight excluding hydrogens is 463 g/mol. The van der Waals surface area contributed by atoms with Crippen LogP contribution < -0.4 is 16.0 Å². The molecule has 0 spiro atoms. The van der Waals surface area contributed by atoms with Crippen LogP contribution in [0.5, 0.6) is 0 Å². The Balaban J connectivity index is 1.55. The van der Waals surface area contributed by atoms with Crippen LogP contribution in [-0.4, -0.2) is 60.9 Å². The Hall–Kier alpha value is -3.74. The number of halogens is 3. The number of anilines is 1. The van der Waals surface area contributed by atoms with E-state index in [0.717, 1.165) is 24.6 Å². The number of amides is 1. The average Bonchev–Trinajstić information content (AvgIpc) is 3.50. The minimum absolute atomic E-state index is 0.000891. The van der Waals surface area contributed by atoms with Crippen LogP contribution >= 0.6 is 0 Å². The first kappa shape index (κ1) is 21.8. The van der Waals surface area contributed by atoms with Crippen molar-refractivity contribution >= 4 is 28.4 Å². The van der Waals surface area contributed by atoms with E-state index in [1.54, 1.807) is 0 Å². The number of hydrogen-bond donors (Lipinski definition) is 3. The lowest BCUT2D eigenvalue weighted by Crippen LogP contribution is -2.42. The summed E-state index contributed by atoms with van der Waals surface area (Å²) in [6.07, 6.45) is -0.637. The monoisotopic (exact) mass is 485 g/mol. The summed E-state index contributed by atoms with van der Waals surface area (Å²) in [5.41, 5.74) is 0.482. The van der Waals surface area contributed by atoms with Crippen LogP contribution in [0.1, 0.15) is 30.1 Å². The Labute approximate surface area is 196 Å². The van der Waals surface area contributed by atoms with Gasteiger partial charge >= 0.3 is 6.18 Å². The van der Waals surface area contributed by atoms with Gasteiger partial charge in [0.2, 0.25) is 11.9 Å². The molecule has 1 atom stereocenters. The number of aryl methyl sites for hydroxylation is 1. The molecule has 0 radical (unpaired) electrons. The molecule has 10 nitrogen and oxygen atoms in total. The fourth-order valence-electron chi connectivity index (χ4n) is 4.30. The van der Waals surface area contributed by atoms with Gasteiger partial charge in [0.15, 0.2) is 11.5 Å². The third kappa shape index (κ3) is 3.85. The van der Waals surface area contributed by atoms with E-state index in [-0.39, 0.29) is 35.0 Å². The molecule has 4 heterocycles. The highest BCUT2D eigenvalue weighted by Gasteiger charge is 2.35. The lowest BCUT2D eigenvalue weighted by atomic mass is 10.1. The maximum Gasteiger partial charge on any atom is 0.418 e. The van der Waals surface area contributed by atoms with Crippen molar-refractivity contribution in [3.05, 3.63) is 35.7 Å². The Morgan fingerprint density at radius 2 is 1.97 bits per heavy atom. The van der Waals surface area contributed by atoms with Gasteiger partial charge in [-0.1, -0.05) is 6.07 Å². The van der Waals surface area contributed by atoms with E-state index in [1.807, 2.05) is 17.8 Å². The fourth-order valence-corrected chi connectivity index (χ4v) is 4.30. The summed E-state index contributed by atoms with van der Waals surface area (Å²) in [7, 11) is 0. The van der Waals surface area contributed by atoms with Crippen LogP contribution in [0.25, 0.3) is 27.9 Å². The molecule has 13 heteroatoms. The molecule has 35 heavy (non-hydrogen) atoms. The van der Waals surface area contributed by atoms with Crippen molar-refractivity contribution < 1.29 is 18.0 Å². The molecular formula is C22H22F3N9O. The van der Waals surface area contributed by atoms with E-state index in [0.29, 0.717) is 30.5 Å². The van der Waals surface area contributed by atoms with E-state index in [9.17, 15) is 18.0 Å². The molecule has 1 aromatic carbocycles. The van der Waals surface area contributed by atoms with Crippen LogP contribution in [-0.2, 0) is 11.0 Å². The zero-order valence-electron chi connectivity index (χ0n) is 18.7. The van der Waals surface area contributed by atoms with Gasteiger partial charge in [-0.2, -0.15) is 22.8 Å². The predicted molar refractivity (Wildman–Crippen MR) is 121 cm³/mol. The minimum Gasteiger partial charge on any atom is -0.353 e. The molecule has 2 fully saturated rings. The normalized spacial score (nSPS) is 19.2. The Morgan fingerprint density at radius 1 is 1.14 bits per heavy atom. The van der Waals surface area contributed by atoms with E-state index in [1.165, 1.54) is 16.6 Å². The number of para-hydroxylation sites is 1. The molecule has 4 aromatic rings. The van der Waals surface area contributed by atoms with Crippen LogP contribution in [0, 0.1) is 6.92 Å². The maximum absolute atomic E-state index is 13.8. The van der Waals surface area contributed by atoms with Crippen LogP contribution in [0.4, 0.5) is 19.1 Å². The third-order valence-electron chi connectivity index (χ3n) is 6.26. The van der Waals surface area contributed by atoms with E-state index >= 15 is 0 Å². The SMILES string of the molecule is Cc1nn(C2CC2)cc1-c1nc2c3cccc(C(F)(F)F)c3nc(N[C@H]3CNCCNC3=O)n2n1. The minimum atomic E-state index is -4.62. The molecule has 1 saturated heterocycles. The zero-order valence-corrected chi connectivity index (χ0v) is 18.7. The van der Waals surface area contributed by atoms with E-state index < -0.39 is 17.8 Å². The topological polar surface area (TPSA) is 114 Å². The smallest absolute Gasteiger partial charge is 0.353 e. The van der Waals surface area contributed by atoms with Crippen LogP contribution in [0.2, 0.25) is 0 Å². The molecule has 2 aliphatic rings. The van der Waals surface area contributed by atoms with Gasteiger partial charge in [0.05, 0.1) is 28.4 Å². The third-order valence-corrected chi connectivity index (χ3v) is 6.26. The summed E-state index contributed by atoms with van der Waals surface area (Å²) < 4.78 is 44.8. The maximum atomic E-state index is 13.8. The number of alkyl halides is 3. The van der Waals surface area contributed by atoms with Crippen molar-refractivity contribution in [3.63, 3.8) is 0 Å². The first-order valence-corrected chi connectivity index (χ1v) is 11.4. The van der Waals surface area contributed by atoms with E-state index in [4.69, 9.17) is 0 Å². The van der Waals surface area contributed by atoms with Crippen LogP contribution in [0.15, 0.2) is 24.4 Å². The molecule has 182 valence electrons. The van der Waals surface area contributed by atoms with Gasteiger partial charge in [-0.3, -0.25) is 9.48 Å². The molecule has 1 aliphatic heterocycles. The molecule has 1 amide bonds. The van der Waals surface area contributed by atoms with Gasteiger partial charge in [-0.25, -0.2) is 9.97 Å². The highest BCUT2D eigenvalue weighted by molar-refractivity contribution is 5.95. The highest BCUT2D eigenvalue weighted by Crippen LogP contribution is 2.37. The molecule has 1 aliphatic carbocycles. The van der Waals surface area contributed by atoms with Gasteiger partial charge < -0.3 is 16.0 Å². The number of hydrogen-bond acceptors (Lipinski definition) is 7. The van der Waals surface area contributed by atoms with Gasteiger partial charge in [-0.15, -0.1) is 5.10 Å². The number of nitrogens with one attached hydrogen (secondary N) is 3. The summed E-state index contributed by atoms with van der Waals surface area (Å²) >= 11 is 0. The van der Waals surface area contributed by atoms with Crippen molar-refractivity contribution in [1.82, 2.24) is 40.0 Å². The second kappa shape index (κ2) is 7.90. The molecule has 3 N–H and O–H groups in total. The van der Waals surface area contributed by atoms with E-state index in [2.05, 4.69) is 36.1 Å². The lowest BCUT2D eigenvalue weighted by molar-refractivity contribution is -0.136. The molecule has 1 saturated carbocycles. The predicted octanol–water partition coefficient (Wildman–Crippen LogP) is 2.30. The summed E-state index contributed by atoms with van der Waals surface area (Å²) in [4.78, 5) is 21.4. The first-order valence-electron chi connectivity index (χ1n) is 11.4. The number of fused-ring (bicyclic) bond motifs is 3. The van der Waals surface area contributed by atoms with Crippen LogP contribution in [0.3, 0.4) is 0 Å². The molecule has 0 unspecified atom stereocenters. The largest absolute Gasteiger partial charge is 0.418 e. The second-order valence-corrected chi connectivity index (χ2v) is 8.84. The number of benzene rings is 1. The average molecular weight is 485 g/mol. The summed E-state index contributed by atoms with van der Waals surface area (Å²) in [6.45, 7) is 3.16. The van der Waals surface area contributed by atoms with Crippen molar-refractivity contribution in [1.29, 1.82) is 0 Å². The number of carbonyl (C=O) groups excluding carboxylic acids is 1. The standard InChI is InChI=1S/C22H22F3N9O/c1-11-14(10-33(31-11)12-5-6-12)18-30-19-13-3-2-4-15(22(23,24)25)17(13)29-21(34(19)32-18)28-16-9-26-7-8-27-20(16)35/h2-4,10,12,16,26H,5-9H2,1H3,(H,27,35)(H,28,29)/t16-/m0/s1. The molecule has 6 rings (SSSR count). The quantitative estimate of drug-likeness (QED) is 0.407. The van der Waals surface area contributed by atoms with Gasteiger partial charge in [0.25, 0.3) is 0 Å². The number of carbonyl (C=O) groups is 1. The Bertz CT molecular complexity index is 1450. The highest BCUT2D eigenvalue weighted by atomic mass is 19.4. The first-order chi connectivity index (χ1) is 16.8. The Kier molecular flexibility index (Phi) is 4.91.